The minimum absolute atomic E-state index is 0.337. The monoisotopic (exact) mass is 334 g/mol. The molecule has 3 aromatic rings. The van der Waals surface area contributed by atoms with E-state index in [1.807, 2.05) is 16.7 Å². The maximum Gasteiger partial charge on any atom is 0.201 e. The molecule has 0 saturated heterocycles. The highest BCUT2D eigenvalue weighted by Gasteiger charge is 2.11. The minimum Gasteiger partial charge on any atom is -0.369 e. The number of fused-ring (bicyclic) bond motifs is 1. The zero-order valence-electron chi connectivity index (χ0n) is 10.6. The van der Waals surface area contributed by atoms with Crippen LogP contribution in [0, 0.1) is 5.82 Å². The minimum atomic E-state index is -0.337. The fourth-order valence-electron chi connectivity index (χ4n) is 2.16. The van der Waals surface area contributed by atoms with Crippen molar-refractivity contribution < 1.29 is 4.39 Å². The van der Waals surface area contributed by atoms with Crippen molar-refractivity contribution in [2.45, 2.75) is 13.0 Å². The van der Waals surface area contributed by atoms with E-state index in [9.17, 15) is 4.39 Å². The van der Waals surface area contributed by atoms with Crippen LogP contribution in [0.2, 0.25) is 0 Å². The van der Waals surface area contributed by atoms with Gasteiger partial charge in [-0.1, -0.05) is 0 Å². The zero-order valence-corrected chi connectivity index (χ0v) is 12.1. The summed E-state index contributed by atoms with van der Waals surface area (Å²) in [4.78, 5) is 8.18. The first-order valence-corrected chi connectivity index (χ1v) is 6.94. The molecule has 0 fully saturated rings. The van der Waals surface area contributed by atoms with Crippen LogP contribution in [0.5, 0.6) is 0 Å². The molecule has 2 aromatic heterocycles. The number of anilines is 1. The van der Waals surface area contributed by atoms with Crippen molar-refractivity contribution in [1.82, 2.24) is 14.5 Å². The highest BCUT2D eigenvalue weighted by Crippen LogP contribution is 2.25. The van der Waals surface area contributed by atoms with E-state index in [4.69, 9.17) is 5.73 Å². The maximum absolute atomic E-state index is 13.5. The van der Waals surface area contributed by atoms with E-state index in [1.54, 1.807) is 18.5 Å². The second-order valence-electron chi connectivity index (χ2n) is 4.48. The Balaban J connectivity index is 1.95. The third kappa shape index (κ3) is 2.38. The van der Waals surface area contributed by atoms with E-state index in [0.29, 0.717) is 22.5 Å². The molecular formula is C14H12BrFN4. The van der Waals surface area contributed by atoms with Crippen molar-refractivity contribution in [3.05, 3.63) is 52.5 Å². The molecule has 0 amide bonds. The Kier molecular flexibility index (Phi) is 3.40. The van der Waals surface area contributed by atoms with Crippen molar-refractivity contribution in [2.75, 3.05) is 5.73 Å². The average Bonchev–Trinajstić information content (AvgIpc) is 2.73. The molecule has 20 heavy (non-hydrogen) atoms. The number of aromatic nitrogens is 3. The van der Waals surface area contributed by atoms with Gasteiger partial charge in [-0.15, -0.1) is 0 Å². The Morgan fingerprint density at radius 1 is 1.25 bits per heavy atom. The molecule has 2 N–H and O–H groups in total. The number of imidazole rings is 1. The summed E-state index contributed by atoms with van der Waals surface area (Å²) >= 11 is 3.19. The predicted molar refractivity (Wildman–Crippen MR) is 79.7 cm³/mol. The van der Waals surface area contributed by atoms with Gasteiger partial charge in [-0.3, -0.25) is 4.98 Å². The Hall–Kier alpha value is -1.95. The number of hydrogen-bond donors (Lipinski definition) is 1. The van der Waals surface area contributed by atoms with Crippen LogP contribution >= 0.6 is 15.9 Å². The number of rotatable bonds is 3. The third-order valence-corrected chi connectivity index (χ3v) is 3.80. The van der Waals surface area contributed by atoms with Gasteiger partial charge in [-0.05, 0) is 46.1 Å². The summed E-state index contributed by atoms with van der Waals surface area (Å²) < 4.78 is 15.8. The van der Waals surface area contributed by atoms with Crippen molar-refractivity contribution >= 4 is 32.9 Å². The number of halogens is 2. The number of hydrogen-bond acceptors (Lipinski definition) is 3. The molecule has 0 aliphatic heterocycles. The summed E-state index contributed by atoms with van der Waals surface area (Å²) in [5.74, 6) is 0.0582. The van der Waals surface area contributed by atoms with Crippen molar-refractivity contribution in [1.29, 1.82) is 0 Å². The molecule has 0 spiro atoms. The molecule has 0 bridgehead atoms. The topological polar surface area (TPSA) is 56.7 Å². The number of nitrogen functional groups attached to an aromatic ring is 1. The molecule has 2 heterocycles. The first-order chi connectivity index (χ1) is 9.65. The van der Waals surface area contributed by atoms with E-state index in [2.05, 4.69) is 25.9 Å². The Labute approximate surface area is 123 Å². The molecule has 1 aromatic carbocycles. The summed E-state index contributed by atoms with van der Waals surface area (Å²) in [6.45, 7) is 0.685. The summed E-state index contributed by atoms with van der Waals surface area (Å²) in [6, 6.07) is 7.02. The molecular weight excluding hydrogens is 323 g/mol. The zero-order chi connectivity index (χ0) is 14.1. The lowest BCUT2D eigenvalue weighted by atomic mass is 10.2. The van der Waals surface area contributed by atoms with E-state index in [1.165, 1.54) is 11.6 Å². The van der Waals surface area contributed by atoms with Crippen LogP contribution in [-0.4, -0.2) is 14.5 Å². The molecule has 0 aliphatic rings. The second-order valence-corrected chi connectivity index (χ2v) is 5.34. The third-order valence-electron chi connectivity index (χ3n) is 3.19. The molecule has 102 valence electrons. The lowest BCUT2D eigenvalue weighted by molar-refractivity contribution is 0.622. The van der Waals surface area contributed by atoms with E-state index in [0.717, 1.165) is 11.9 Å². The van der Waals surface area contributed by atoms with Gasteiger partial charge in [-0.2, -0.15) is 0 Å². The van der Waals surface area contributed by atoms with Gasteiger partial charge < -0.3 is 10.3 Å². The fraction of sp³-hybridized carbons (Fsp3) is 0.143. The molecule has 6 heteroatoms. The van der Waals surface area contributed by atoms with E-state index < -0.39 is 0 Å². The summed E-state index contributed by atoms with van der Waals surface area (Å²) in [7, 11) is 0. The number of benzene rings is 1. The van der Waals surface area contributed by atoms with Gasteiger partial charge >= 0.3 is 0 Å². The predicted octanol–water partition coefficient (Wildman–Crippen LogP) is 3.16. The summed E-state index contributed by atoms with van der Waals surface area (Å²) in [5, 5.41) is 0. The summed E-state index contributed by atoms with van der Waals surface area (Å²) in [5.41, 5.74) is 8.48. The van der Waals surface area contributed by atoms with Crippen LogP contribution in [0.15, 0.2) is 41.1 Å². The molecule has 0 aliphatic carbocycles. The standard InChI is InChI=1S/C14H12BrFN4/c15-10-7-13-12(8-11(10)16)19-14(17)20(13)6-3-9-1-4-18-5-2-9/h1-2,4-5,7-8H,3,6H2,(H2,17,19). The van der Waals surface area contributed by atoms with Gasteiger partial charge in [0, 0.05) is 25.0 Å². The number of nitrogens with two attached hydrogens (primary N) is 1. The molecule has 4 nitrogen and oxygen atoms in total. The van der Waals surface area contributed by atoms with Gasteiger partial charge in [0.15, 0.2) is 0 Å². The number of pyridine rings is 1. The van der Waals surface area contributed by atoms with Crippen molar-refractivity contribution in [3.8, 4) is 0 Å². The summed E-state index contributed by atoms with van der Waals surface area (Å²) in [6.07, 6.45) is 4.33. The molecule has 0 radical (unpaired) electrons. The van der Waals surface area contributed by atoms with Crippen LogP contribution in [0.3, 0.4) is 0 Å². The normalized spacial score (nSPS) is 11.1. The highest BCUT2D eigenvalue weighted by molar-refractivity contribution is 9.10. The van der Waals surface area contributed by atoms with E-state index >= 15 is 0 Å². The average molecular weight is 335 g/mol. The maximum atomic E-state index is 13.5. The van der Waals surface area contributed by atoms with Crippen LogP contribution < -0.4 is 5.73 Å². The van der Waals surface area contributed by atoms with Crippen LogP contribution in [0.1, 0.15) is 5.56 Å². The van der Waals surface area contributed by atoms with Gasteiger partial charge in [0.2, 0.25) is 5.95 Å². The lowest BCUT2D eigenvalue weighted by Gasteiger charge is -2.07. The van der Waals surface area contributed by atoms with Crippen molar-refractivity contribution in [2.24, 2.45) is 0 Å². The first kappa shape index (κ1) is 13.1. The van der Waals surface area contributed by atoms with Gasteiger partial charge in [0.05, 0.1) is 15.5 Å². The SMILES string of the molecule is Nc1nc2cc(F)c(Br)cc2n1CCc1ccncc1. The Bertz CT molecular complexity index is 755. The van der Waals surface area contributed by atoms with Crippen LogP contribution in [0.4, 0.5) is 10.3 Å². The van der Waals surface area contributed by atoms with Gasteiger partial charge in [0.1, 0.15) is 5.82 Å². The van der Waals surface area contributed by atoms with Crippen molar-refractivity contribution in [3.63, 3.8) is 0 Å². The number of aryl methyl sites for hydroxylation is 2. The highest BCUT2D eigenvalue weighted by atomic mass is 79.9. The van der Waals surface area contributed by atoms with E-state index in [-0.39, 0.29) is 5.82 Å². The number of nitrogens with zero attached hydrogens (tertiary/aromatic N) is 3. The Morgan fingerprint density at radius 3 is 2.75 bits per heavy atom. The fourth-order valence-corrected chi connectivity index (χ4v) is 2.50. The van der Waals surface area contributed by atoms with Gasteiger partial charge in [-0.25, -0.2) is 9.37 Å². The molecule has 0 atom stereocenters. The largest absolute Gasteiger partial charge is 0.369 e. The van der Waals surface area contributed by atoms with Gasteiger partial charge in [0.25, 0.3) is 0 Å². The van der Waals surface area contributed by atoms with Crippen LogP contribution in [-0.2, 0) is 13.0 Å². The first-order valence-electron chi connectivity index (χ1n) is 6.15. The molecule has 3 rings (SSSR count). The smallest absolute Gasteiger partial charge is 0.201 e. The molecule has 0 unspecified atom stereocenters. The van der Waals surface area contributed by atoms with Crippen LogP contribution in [0.25, 0.3) is 11.0 Å². The quantitative estimate of drug-likeness (QED) is 0.800. The molecule has 0 saturated carbocycles. The Morgan fingerprint density at radius 2 is 2.00 bits per heavy atom. The second kappa shape index (κ2) is 5.20. The lowest BCUT2D eigenvalue weighted by Crippen LogP contribution is -2.05.